The molecule has 0 amide bonds. The van der Waals surface area contributed by atoms with Gasteiger partial charge in [0, 0.05) is 78.8 Å². The second-order valence-corrected chi connectivity index (χ2v) is 44.3. The Morgan fingerprint density at radius 3 is 1.01 bits per heavy atom. The van der Waals surface area contributed by atoms with Crippen LogP contribution in [0.5, 0.6) is 0 Å². The maximum Gasteiger partial charge on any atom is 0.252 e. The molecular weight excluding hydrogens is 1620 g/mol. The molecule has 5 heterocycles. The predicted octanol–water partition coefficient (Wildman–Crippen LogP) is 30.1. The average molecular weight is 1740 g/mol. The Labute approximate surface area is 803 Å². The van der Waals surface area contributed by atoms with E-state index < -0.39 is 55.1 Å². The molecule has 0 unspecified atom stereocenters. The predicted molar refractivity (Wildman–Crippen MR) is 574 cm³/mol. The summed E-state index contributed by atoms with van der Waals surface area (Å²) in [5.74, 6) is 0. The van der Waals surface area contributed by atoms with Crippen molar-refractivity contribution in [3.63, 3.8) is 0 Å². The fraction of sp³-hybridized carbons (Fsp3) is 0.197. The number of anilines is 12. The number of nitrogens with zero attached hydrogens (tertiary/aromatic N) is 5. The molecule has 0 bridgehead atoms. The summed E-state index contributed by atoms with van der Waals surface area (Å²) in [4.78, 5) is 10.2. The maximum atomic E-state index is 10.3. The molecule has 7 heteroatoms. The van der Waals surface area contributed by atoms with Crippen LogP contribution in [0.15, 0.2) is 358 Å². The summed E-state index contributed by atoms with van der Waals surface area (Å²) in [6.45, 7) is 40.5. The van der Waals surface area contributed by atoms with E-state index in [2.05, 4.69) is 454 Å². The minimum absolute atomic E-state index is 0.00172. The van der Waals surface area contributed by atoms with Crippen LogP contribution in [-0.2, 0) is 37.9 Å². The lowest BCUT2D eigenvalue weighted by molar-refractivity contribution is 0.568. The van der Waals surface area contributed by atoms with E-state index in [1.54, 1.807) is 4.57 Å². The van der Waals surface area contributed by atoms with Crippen LogP contribution >= 0.6 is 0 Å². The van der Waals surface area contributed by atoms with E-state index in [1.807, 2.05) is 0 Å². The third-order valence-electron chi connectivity index (χ3n) is 29.9. The largest absolute Gasteiger partial charge is 0.311 e. The Hall–Kier alpha value is -14.1. The Balaban J connectivity index is 0.901. The monoisotopic (exact) mass is 1740 g/mol. The Morgan fingerprint density at radius 1 is 0.231 bits per heavy atom. The van der Waals surface area contributed by atoms with Crippen LogP contribution in [0.3, 0.4) is 0 Å². The highest BCUT2D eigenvalue weighted by Crippen LogP contribution is 2.66. The molecule has 1 aromatic heterocycles. The van der Waals surface area contributed by atoms with Crippen LogP contribution in [0.25, 0.3) is 83.1 Å². The first-order valence-corrected chi connectivity index (χ1v) is 47.7. The van der Waals surface area contributed by atoms with Crippen LogP contribution in [-0.4, -0.2) is 18.0 Å². The molecule has 6 aliphatic rings. The fourth-order valence-corrected chi connectivity index (χ4v) is 23.1. The van der Waals surface area contributed by atoms with E-state index in [-0.39, 0.29) is 66.4 Å². The number of benzene rings is 17. The molecular formula is C127H113B2N5. The normalized spacial score (nSPS) is 15.1. The number of aromatic nitrogens is 1. The highest BCUT2D eigenvalue weighted by molar-refractivity contribution is 7.03. The molecule has 652 valence electrons. The third kappa shape index (κ3) is 12.5. The molecule has 0 saturated heterocycles. The number of fused-ring (bicyclic) bond motifs is 21. The smallest absolute Gasteiger partial charge is 0.252 e. The average Bonchev–Trinajstić information content (AvgIpc) is 0.973. The molecule has 18 aromatic rings. The van der Waals surface area contributed by atoms with Crippen molar-refractivity contribution in [2.24, 2.45) is 0 Å². The number of para-hydroxylation sites is 4. The van der Waals surface area contributed by atoms with Crippen LogP contribution in [0, 0.1) is 0 Å². The molecule has 0 atom stereocenters. The number of hydrogen-bond donors (Lipinski definition) is 0. The van der Waals surface area contributed by atoms with Gasteiger partial charge in [0.2, 0.25) is 0 Å². The van der Waals surface area contributed by atoms with Crippen LogP contribution in [0.1, 0.15) is 191 Å². The van der Waals surface area contributed by atoms with Crippen molar-refractivity contribution in [3.8, 4) is 61.3 Å². The van der Waals surface area contributed by atoms with E-state index in [0.717, 1.165) is 151 Å². The first-order chi connectivity index (χ1) is 67.6. The summed E-state index contributed by atoms with van der Waals surface area (Å²) in [5.41, 5.74) is 38.8. The molecule has 1 spiro atoms. The summed E-state index contributed by atoms with van der Waals surface area (Å²) in [6.07, 6.45) is 0. The van der Waals surface area contributed by atoms with Gasteiger partial charge in [-0.05, 0) is 268 Å². The summed E-state index contributed by atoms with van der Waals surface area (Å²) >= 11 is 0. The van der Waals surface area contributed by atoms with Gasteiger partial charge in [0.25, 0.3) is 13.4 Å². The fourth-order valence-electron chi connectivity index (χ4n) is 23.1. The van der Waals surface area contributed by atoms with Crippen LogP contribution < -0.4 is 52.4 Å². The Kier molecular flexibility index (Phi) is 16.3. The lowest BCUT2D eigenvalue weighted by atomic mass is 9.30. The van der Waals surface area contributed by atoms with E-state index >= 15 is 0 Å². The van der Waals surface area contributed by atoms with E-state index in [1.165, 1.54) is 61.2 Å². The van der Waals surface area contributed by atoms with Gasteiger partial charge in [-0.2, -0.15) is 0 Å². The van der Waals surface area contributed by atoms with Gasteiger partial charge in [0.15, 0.2) is 0 Å². The minimum Gasteiger partial charge on any atom is -0.311 e. The van der Waals surface area contributed by atoms with E-state index in [9.17, 15) is 11.0 Å². The number of rotatable bonds is 8. The molecule has 0 N–H and O–H groups in total. The molecule has 0 saturated carbocycles. The number of hydrogen-bond acceptors (Lipinski definition) is 4. The van der Waals surface area contributed by atoms with Crippen LogP contribution in [0.4, 0.5) is 68.2 Å². The zero-order chi connectivity index (χ0) is 99.0. The summed E-state index contributed by atoms with van der Waals surface area (Å²) in [6, 6.07) is 114. The molecule has 5 nitrogen and oxygen atoms in total. The van der Waals surface area contributed by atoms with Crippen molar-refractivity contribution in [3.05, 3.63) is 413 Å². The first kappa shape index (κ1) is 74.4. The van der Waals surface area contributed by atoms with Gasteiger partial charge in [0.05, 0.1) is 44.5 Å². The van der Waals surface area contributed by atoms with Crippen LogP contribution in [0.2, 0.25) is 0 Å². The zero-order valence-electron chi connectivity index (χ0n) is 87.8. The summed E-state index contributed by atoms with van der Waals surface area (Å²) < 4.78 is 80.7. The molecule has 134 heavy (non-hydrogen) atoms. The SMILES string of the molecule is [2H]c1c([2H])c([2H])c2c(c1[2H])c1c([2H])c([2H])c([2H])c([2H])c1n2-c1cc2c3c(c1)N(c1ccc(C(C)(C)C)cc1-c1ccccc1)c1cc4c(cc1B3c1ccccc1N2c1cc(C(C)(C)C)cc(C(C)(C)C)c1)B1c2ccccc2N(c2cc(C(C)(C)C)cc(C(C)(C)C)c2)c2cc(-c3cccc5c3C3(c6ccccc6-c6ccccc63)c3ccccc3-5)cc(c21)N4c1ccc(C(C)(C)C)cc1-c1ccccc1. The Bertz CT molecular complexity index is 8300. The van der Waals surface area contributed by atoms with Crippen molar-refractivity contribution >= 4 is 136 Å². The Morgan fingerprint density at radius 2 is 0.582 bits per heavy atom. The van der Waals surface area contributed by atoms with Gasteiger partial charge < -0.3 is 24.2 Å². The minimum atomic E-state index is -0.742. The second kappa shape index (κ2) is 29.4. The van der Waals surface area contributed by atoms with Gasteiger partial charge >= 0.3 is 0 Å². The van der Waals surface area contributed by atoms with Crippen molar-refractivity contribution in [2.45, 2.75) is 163 Å². The maximum absolute atomic E-state index is 10.3. The molecule has 0 radical (unpaired) electrons. The standard InChI is InChI=1S/C127H113B2N5/c1-121(2,3)81-60-62-108(97(72-81)78-40-21-19-22-41-78)133-112-77-113-105(76-104(112)128-102-54-33-37-58-110(102)131(87-68-83(123(7,8)9)66-84(69-87)124(10,11)12)114-64-80(65-115(133)119(114)128)90-49-39-50-96-93-46-27-32-53-101(93)127(118(90)96)99-51-30-25-44-91(99)92-45-26-31-52-100(92)127)129-103-55-34-38-59-111(103)132(88-70-85(125(13,14)15)67-86(71-88)126(16,17)18)116-74-89(130-106-56-35-28-47-94(106)95-48-29-36-57-107(95)130)75-117(120(116)129)134(113)109-63-61-82(122(4,5)6)73-98(109)79-42-23-20-24-43-79/h19-77H,1-18H3/i28D,29D,35D,36D,47D,48D,56D,57D. The van der Waals surface area contributed by atoms with E-state index in [4.69, 9.17) is 0 Å². The molecule has 4 aliphatic heterocycles. The first-order valence-electron chi connectivity index (χ1n) is 51.7. The van der Waals surface area contributed by atoms with Gasteiger partial charge in [-0.15, -0.1) is 0 Å². The third-order valence-corrected chi connectivity index (χ3v) is 29.9. The second-order valence-electron chi connectivity index (χ2n) is 44.3. The molecule has 2 aliphatic carbocycles. The van der Waals surface area contributed by atoms with Gasteiger partial charge in [-0.25, -0.2) is 0 Å². The lowest BCUT2D eigenvalue weighted by Gasteiger charge is -2.48. The topological polar surface area (TPSA) is 17.9 Å². The van der Waals surface area contributed by atoms with Gasteiger partial charge in [0.1, 0.15) is 0 Å². The van der Waals surface area contributed by atoms with Crippen molar-refractivity contribution < 1.29 is 11.0 Å². The van der Waals surface area contributed by atoms with Crippen molar-refractivity contribution in [2.75, 3.05) is 19.6 Å². The summed E-state index contributed by atoms with van der Waals surface area (Å²) in [5, 5.41) is -0.00345. The van der Waals surface area contributed by atoms with Gasteiger partial charge in [-0.3, -0.25) is 0 Å². The van der Waals surface area contributed by atoms with Crippen molar-refractivity contribution in [1.82, 2.24) is 4.57 Å². The molecule has 0 fully saturated rings. The highest BCUT2D eigenvalue weighted by Gasteiger charge is 2.55. The van der Waals surface area contributed by atoms with Crippen molar-refractivity contribution in [1.29, 1.82) is 0 Å². The molecule has 17 aromatic carbocycles. The van der Waals surface area contributed by atoms with E-state index in [0.29, 0.717) is 5.69 Å². The lowest BCUT2D eigenvalue weighted by Crippen LogP contribution is -2.65. The molecule has 24 rings (SSSR count). The zero-order valence-corrected chi connectivity index (χ0v) is 79.8. The van der Waals surface area contributed by atoms with Gasteiger partial charge in [-0.1, -0.05) is 379 Å². The highest BCUT2D eigenvalue weighted by atomic mass is 15.2. The quantitative estimate of drug-likeness (QED) is 0.141. The summed E-state index contributed by atoms with van der Waals surface area (Å²) in [7, 11) is 0.